The van der Waals surface area contributed by atoms with Crippen LogP contribution in [-0.4, -0.2) is 50.5 Å². The highest BCUT2D eigenvalue weighted by atomic mass is 16.2. The Balaban J connectivity index is 1.60. The van der Waals surface area contributed by atoms with Gasteiger partial charge in [-0.25, -0.2) is 4.98 Å². The zero-order valence-corrected chi connectivity index (χ0v) is 22.0. The number of nitrogen functional groups attached to an aromatic ring is 1. The Morgan fingerprint density at radius 2 is 1.86 bits per heavy atom. The van der Waals surface area contributed by atoms with Crippen LogP contribution in [0.1, 0.15) is 48.1 Å². The Morgan fingerprint density at radius 1 is 1.16 bits per heavy atom. The third kappa shape index (κ3) is 5.40. The number of hydrogen-bond acceptors (Lipinski definition) is 6. The van der Waals surface area contributed by atoms with Crippen LogP contribution in [-0.2, 0) is 27.9 Å². The lowest BCUT2D eigenvalue weighted by Crippen LogP contribution is -2.69. The van der Waals surface area contributed by atoms with Crippen molar-refractivity contribution in [1.82, 2.24) is 19.7 Å². The number of pyridine rings is 1. The zero-order valence-electron chi connectivity index (χ0n) is 22.0. The monoisotopic (exact) mass is 502 g/mol. The van der Waals surface area contributed by atoms with Crippen molar-refractivity contribution in [2.45, 2.75) is 52.0 Å². The van der Waals surface area contributed by atoms with E-state index in [9.17, 15) is 14.4 Å². The smallest absolute Gasteiger partial charge is 0.250 e. The minimum absolute atomic E-state index is 0.0469. The lowest BCUT2D eigenvalue weighted by Gasteiger charge is -2.46. The Bertz CT molecular complexity index is 1300. The number of likely N-dealkylation sites (tertiary alicyclic amines) is 1. The van der Waals surface area contributed by atoms with Crippen molar-refractivity contribution in [2.75, 3.05) is 17.7 Å². The molecule has 0 aliphatic carbocycles. The van der Waals surface area contributed by atoms with E-state index < -0.39 is 12.0 Å². The van der Waals surface area contributed by atoms with Crippen molar-refractivity contribution in [2.24, 2.45) is 13.0 Å². The molecule has 2 N–H and O–H groups in total. The fraction of sp³-hybridized carbons (Fsp3) is 0.393. The fourth-order valence-electron chi connectivity index (χ4n) is 5.00. The second-order valence-corrected chi connectivity index (χ2v) is 9.89. The van der Waals surface area contributed by atoms with Crippen LogP contribution < -0.4 is 10.6 Å². The summed E-state index contributed by atoms with van der Waals surface area (Å²) in [5.41, 5.74) is 10.2. The van der Waals surface area contributed by atoms with Crippen LogP contribution in [0.3, 0.4) is 0 Å². The van der Waals surface area contributed by atoms with Crippen LogP contribution in [0, 0.1) is 19.8 Å². The number of carbonyl (C=O) groups is 3. The molecule has 1 fully saturated rings. The van der Waals surface area contributed by atoms with Crippen molar-refractivity contribution < 1.29 is 14.4 Å². The van der Waals surface area contributed by atoms with Gasteiger partial charge in [-0.1, -0.05) is 36.8 Å². The van der Waals surface area contributed by atoms with Gasteiger partial charge in [0.2, 0.25) is 11.8 Å². The number of likely N-dealkylation sites (N-methyl/N-ethyl adjacent to an activating group) is 1. The summed E-state index contributed by atoms with van der Waals surface area (Å²) in [5.74, 6) is -1.36. The molecule has 2 aromatic heterocycles. The van der Waals surface area contributed by atoms with Crippen LogP contribution in [0.15, 0.2) is 48.8 Å². The number of β-lactam (4-membered cyclic amide) rings is 1. The second-order valence-electron chi connectivity index (χ2n) is 9.89. The topological polar surface area (TPSA) is 114 Å². The summed E-state index contributed by atoms with van der Waals surface area (Å²) in [6.45, 7) is 5.86. The molecule has 37 heavy (non-hydrogen) atoms. The van der Waals surface area contributed by atoms with Gasteiger partial charge in [-0.3, -0.25) is 24.0 Å². The van der Waals surface area contributed by atoms with Gasteiger partial charge in [-0.15, -0.1) is 0 Å². The molecule has 1 aliphatic rings. The molecule has 0 bridgehead atoms. The maximum atomic E-state index is 13.7. The van der Waals surface area contributed by atoms with Crippen LogP contribution >= 0.6 is 0 Å². The van der Waals surface area contributed by atoms with E-state index in [0.717, 1.165) is 33.7 Å². The number of aromatic nitrogens is 3. The lowest BCUT2D eigenvalue weighted by atomic mass is 9.80. The van der Waals surface area contributed by atoms with Crippen molar-refractivity contribution in [3.05, 3.63) is 71.2 Å². The summed E-state index contributed by atoms with van der Waals surface area (Å²) in [4.78, 5) is 47.4. The van der Waals surface area contributed by atoms with E-state index in [0.29, 0.717) is 17.9 Å². The van der Waals surface area contributed by atoms with Crippen LogP contribution in [0.2, 0.25) is 0 Å². The molecule has 1 aliphatic heterocycles. The quantitative estimate of drug-likeness (QED) is 0.473. The highest BCUT2D eigenvalue weighted by molar-refractivity contribution is 6.12. The first-order valence-corrected chi connectivity index (χ1v) is 12.5. The Morgan fingerprint density at radius 3 is 2.46 bits per heavy atom. The first-order valence-electron chi connectivity index (χ1n) is 12.5. The Hall–Kier alpha value is -4.01. The minimum atomic E-state index is -0.907. The van der Waals surface area contributed by atoms with Gasteiger partial charge in [0.25, 0.3) is 5.91 Å². The van der Waals surface area contributed by atoms with Gasteiger partial charge < -0.3 is 10.6 Å². The maximum Gasteiger partial charge on any atom is 0.250 e. The van der Waals surface area contributed by atoms with E-state index in [1.807, 2.05) is 51.1 Å². The van der Waals surface area contributed by atoms with E-state index in [1.54, 1.807) is 37.2 Å². The molecule has 194 valence electrons. The molecule has 3 atom stereocenters. The number of carbonyl (C=O) groups excluding carboxylic acids is 3. The van der Waals surface area contributed by atoms with Crippen molar-refractivity contribution >= 4 is 29.2 Å². The summed E-state index contributed by atoms with van der Waals surface area (Å²) in [5, 5.41) is 4.14. The lowest BCUT2D eigenvalue weighted by molar-refractivity contribution is -0.170. The average Bonchev–Trinajstić information content (AvgIpc) is 3.29. The minimum Gasteiger partial charge on any atom is -0.384 e. The highest BCUT2D eigenvalue weighted by Crippen LogP contribution is 2.35. The highest BCUT2D eigenvalue weighted by Gasteiger charge is 2.55. The molecule has 3 aromatic rings. The predicted molar refractivity (Wildman–Crippen MR) is 142 cm³/mol. The molecule has 9 heteroatoms. The first-order chi connectivity index (χ1) is 17.6. The number of anilines is 2. The summed E-state index contributed by atoms with van der Waals surface area (Å²) >= 11 is 0. The summed E-state index contributed by atoms with van der Waals surface area (Å²) < 4.78 is 1.60. The molecule has 0 radical (unpaired) electrons. The molecule has 0 unspecified atom stereocenters. The molecular weight excluding hydrogens is 468 g/mol. The number of hydrogen-bond donors (Lipinski definition) is 1. The van der Waals surface area contributed by atoms with Gasteiger partial charge in [-0.2, -0.15) is 5.10 Å². The van der Waals surface area contributed by atoms with Crippen molar-refractivity contribution in [3.8, 4) is 0 Å². The van der Waals surface area contributed by atoms with Crippen molar-refractivity contribution in [3.63, 3.8) is 0 Å². The number of amides is 3. The van der Waals surface area contributed by atoms with E-state index in [1.165, 1.54) is 4.90 Å². The third-order valence-corrected chi connectivity index (χ3v) is 7.10. The first kappa shape index (κ1) is 26.1. The van der Waals surface area contributed by atoms with Gasteiger partial charge >= 0.3 is 0 Å². The summed E-state index contributed by atoms with van der Waals surface area (Å²) in [6.07, 6.45) is 4.49. The molecule has 4 rings (SSSR count). The number of aryl methyl sites for hydroxylation is 3. The number of benzene rings is 1. The molecule has 1 saturated heterocycles. The number of imide groups is 1. The fourth-order valence-corrected chi connectivity index (χ4v) is 5.00. The number of nitrogens with zero attached hydrogens (tertiary/aromatic N) is 5. The molecule has 3 amide bonds. The molecule has 3 heterocycles. The standard InChI is InChI=1S/C28H34N6O3/c1-6-20(21-9-7-17(2)8-10-21)14-25(35)34-26(28(37)33(5)22-15-30-32(4)16-22)23(27(34)36)12-19-11-18(3)31-24(29)13-19/h7-11,13,15-16,20,23,26H,6,12,14H2,1-5H3,(H2,29,31)/t20-,23+,26-/m0/s1. The molecule has 0 saturated carbocycles. The SMILES string of the molecule is CC[C@@H](CC(=O)N1C(=O)[C@H](Cc2cc(C)nc(N)c2)[C@H]1C(=O)N(C)c1cnn(C)c1)c1ccc(C)cc1. The summed E-state index contributed by atoms with van der Waals surface area (Å²) in [7, 11) is 3.40. The van der Waals surface area contributed by atoms with Gasteiger partial charge in [0.1, 0.15) is 11.9 Å². The molecular formula is C28H34N6O3. The number of nitrogens with two attached hydrogens (primary N) is 1. The van der Waals surface area contributed by atoms with Gasteiger partial charge in [0, 0.05) is 32.4 Å². The Labute approximate surface area is 217 Å². The third-order valence-electron chi connectivity index (χ3n) is 7.10. The molecule has 1 aromatic carbocycles. The zero-order chi connectivity index (χ0) is 26.9. The van der Waals surface area contributed by atoms with Gasteiger partial charge in [-0.05, 0) is 55.9 Å². The van der Waals surface area contributed by atoms with Gasteiger partial charge in [0.05, 0.1) is 17.8 Å². The van der Waals surface area contributed by atoms with E-state index >= 15 is 0 Å². The largest absolute Gasteiger partial charge is 0.384 e. The van der Waals surface area contributed by atoms with E-state index in [4.69, 9.17) is 5.73 Å². The normalized spacial score (nSPS) is 17.9. The van der Waals surface area contributed by atoms with Crippen LogP contribution in [0.5, 0.6) is 0 Å². The Kier molecular flexibility index (Phi) is 7.42. The maximum absolute atomic E-state index is 13.7. The van der Waals surface area contributed by atoms with Crippen LogP contribution in [0.25, 0.3) is 0 Å². The molecule has 9 nitrogen and oxygen atoms in total. The van der Waals surface area contributed by atoms with E-state index in [2.05, 4.69) is 10.1 Å². The predicted octanol–water partition coefficient (Wildman–Crippen LogP) is 3.16. The second kappa shape index (κ2) is 10.5. The molecule has 0 spiro atoms. The van der Waals surface area contributed by atoms with Crippen molar-refractivity contribution in [1.29, 1.82) is 0 Å². The van der Waals surface area contributed by atoms with E-state index in [-0.39, 0.29) is 30.1 Å². The van der Waals surface area contributed by atoms with Crippen LogP contribution in [0.4, 0.5) is 11.5 Å². The average molecular weight is 503 g/mol. The van der Waals surface area contributed by atoms with Gasteiger partial charge in [0.15, 0.2) is 0 Å². The summed E-state index contributed by atoms with van der Waals surface area (Å²) in [6, 6.07) is 10.7. The number of rotatable bonds is 8.